The lowest BCUT2D eigenvalue weighted by molar-refractivity contribution is -0.113. The Morgan fingerprint density at radius 3 is 2.83 bits per heavy atom. The first kappa shape index (κ1) is 17.0. The molecule has 24 heavy (non-hydrogen) atoms. The first-order valence-electron chi connectivity index (χ1n) is 8.07. The van der Waals surface area contributed by atoms with Gasteiger partial charge in [-0.05, 0) is 42.6 Å². The summed E-state index contributed by atoms with van der Waals surface area (Å²) in [6.45, 7) is 3.51. The maximum absolute atomic E-state index is 14.5. The van der Waals surface area contributed by atoms with Gasteiger partial charge in [-0.2, -0.15) is 0 Å². The highest BCUT2D eigenvalue weighted by molar-refractivity contribution is 7.99. The maximum atomic E-state index is 14.5. The minimum atomic E-state index is -0.286. The summed E-state index contributed by atoms with van der Waals surface area (Å²) in [6, 6.07) is 11.8. The molecule has 0 saturated heterocycles. The van der Waals surface area contributed by atoms with E-state index in [-0.39, 0.29) is 17.4 Å². The smallest absolute Gasteiger partial charge is 0.234 e. The highest BCUT2D eigenvalue weighted by Crippen LogP contribution is 2.24. The Bertz CT molecular complexity index is 731. The van der Waals surface area contributed by atoms with Crippen molar-refractivity contribution in [2.75, 3.05) is 17.6 Å². The number of carbonyl (C=O) groups excluding carboxylic acids is 1. The Labute approximate surface area is 146 Å². The molecule has 5 heteroatoms. The van der Waals surface area contributed by atoms with E-state index in [0.29, 0.717) is 18.7 Å². The van der Waals surface area contributed by atoms with Crippen molar-refractivity contribution in [3.63, 3.8) is 0 Å². The molecule has 2 aromatic rings. The zero-order valence-corrected chi connectivity index (χ0v) is 14.5. The quantitative estimate of drug-likeness (QED) is 0.870. The van der Waals surface area contributed by atoms with Gasteiger partial charge < -0.3 is 10.6 Å². The van der Waals surface area contributed by atoms with Crippen LogP contribution in [0.3, 0.4) is 0 Å². The van der Waals surface area contributed by atoms with E-state index in [4.69, 9.17) is 0 Å². The Morgan fingerprint density at radius 1 is 1.25 bits per heavy atom. The highest BCUT2D eigenvalue weighted by atomic mass is 32.2. The summed E-state index contributed by atoms with van der Waals surface area (Å²) in [7, 11) is 0. The number of aryl methyl sites for hydroxylation is 1. The van der Waals surface area contributed by atoms with E-state index in [1.807, 2.05) is 13.0 Å². The molecule has 1 aliphatic rings. The predicted octanol–water partition coefficient (Wildman–Crippen LogP) is 3.65. The zero-order valence-electron chi connectivity index (χ0n) is 13.7. The maximum Gasteiger partial charge on any atom is 0.234 e. The van der Waals surface area contributed by atoms with Crippen LogP contribution in [-0.2, 0) is 23.5 Å². The molecule has 0 bridgehead atoms. The van der Waals surface area contributed by atoms with Gasteiger partial charge in [-0.15, -0.1) is 11.8 Å². The molecule has 3 nitrogen and oxygen atoms in total. The van der Waals surface area contributed by atoms with E-state index < -0.39 is 0 Å². The Morgan fingerprint density at radius 2 is 2.04 bits per heavy atom. The fraction of sp³-hybridized carbons (Fsp3) is 0.316. The lowest BCUT2D eigenvalue weighted by Gasteiger charge is -2.19. The van der Waals surface area contributed by atoms with Crippen LogP contribution >= 0.6 is 11.8 Å². The predicted molar refractivity (Wildman–Crippen MR) is 97.8 cm³/mol. The van der Waals surface area contributed by atoms with Gasteiger partial charge in [-0.3, -0.25) is 4.79 Å². The number of fused-ring (bicyclic) bond motifs is 1. The van der Waals surface area contributed by atoms with E-state index in [1.54, 1.807) is 6.07 Å². The number of benzene rings is 2. The van der Waals surface area contributed by atoms with Crippen LogP contribution in [0.5, 0.6) is 0 Å². The molecule has 0 spiro atoms. The van der Waals surface area contributed by atoms with Crippen LogP contribution in [0.4, 0.5) is 10.1 Å². The molecular weight excluding hydrogens is 323 g/mol. The largest absolute Gasteiger partial charge is 0.323 e. The molecule has 0 radical (unpaired) electrons. The molecular formula is C19H21FN2OS. The number of rotatable bonds is 5. The van der Waals surface area contributed by atoms with Crippen molar-refractivity contribution in [3.05, 3.63) is 64.5 Å². The second kappa shape index (κ2) is 7.81. The van der Waals surface area contributed by atoms with Gasteiger partial charge in [0.05, 0.1) is 11.4 Å². The normalized spacial score (nSPS) is 13.4. The molecule has 0 saturated carbocycles. The number of thioether (sulfide) groups is 1. The van der Waals surface area contributed by atoms with Gasteiger partial charge in [0, 0.05) is 12.3 Å². The van der Waals surface area contributed by atoms with Gasteiger partial charge in [0.25, 0.3) is 0 Å². The SMILES string of the molecule is Cc1ccc(CSCC(=O)Nc2ccc3c(c2F)CCNC3)cc1. The Hall–Kier alpha value is -1.85. The summed E-state index contributed by atoms with van der Waals surface area (Å²) in [5, 5.41) is 5.92. The summed E-state index contributed by atoms with van der Waals surface area (Å²) in [5.41, 5.74) is 4.39. The van der Waals surface area contributed by atoms with Crippen LogP contribution in [0.15, 0.2) is 36.4 Å². The van der Waals surface area contributed by atoms with Crippen molar-refractivity contribution in [1.82, 2.24) is 5.32 Å². The number of hydrogen-bond acceptors (Lipinski definition) is 3. The number of anilines is 1. The van der Waals surface area contributed by atoms with E-state index in [0.717, 1.165) is 23.4 Å². The first-order chi connectivity index (χ1) is 11.6. The lowest BCUT2D eigenvalue weighted by atomic mass is 9.99. The molecule has 2 N–H and O–H groups in total. The molecule has 1 heterocycles. The minimum absolute atomic E-state index is 0.167. The van der Waals surface area contributed by atoms with Gasteiger partial charge in [0.2, 0.25) is 5.91 Å². The number of nitrogens with one attached hydrogen (secondary N) is 2. The molecule has 0 aliphatic carbocycles. The van der Waals surface area contributed by atoms with E-state index in [2.05, 4.69) is 34.9 Å². The molecule has 0 fully saturated rings. The number of amides is 1. The average Bonchev–Trinajstić information content (AvgIpc) is 2.59. The molecule has 0 atom stereocenters. The standard InChI is InChI=1S/C19H21FN2OS/c1-13-2-4-14(5-3-13)11-24-12-18(23)22-17-7-6-15-10-21-9-8-16(15)19(17)20/h2-7,21H,8-12H2,1H3,(H,22,23). The molecule has 1 amide bonds. The van der Waals surface area contributed by atoms with Crippen LogP contribution in [0, 0.1) is 12.7 Å². The number of carbonyl (C=O) groups is 1. The topological polar surface area (TPSA) is 41.1 Å². The molecule has 0 unspecified atom stereocenters. The van der Waals surface area contributed by atoms with Gasteiger partial charge >= 0.3 is 0 Å². The lowest BCUT2D eigenvalue weighted by Crippen LogP contribution is -2.25. The summed E-state index contributed by atoms with van der Waals surface area (Å²) in [4.78, 5) is 12.1. The van der Waals surface area contributed by atoms with Crippen molar-refractivity contribution in [2.45, 2.75) is 25.6 Å². The Kier molecular flexibility index (Phi) is 5.53. The number of hydrogen-bond donors (Lipinski definition) is 2. The minimum Gasteiger partial charge on any atom is -0.323 e. The number of halogens is 1. The molecule has 126 valence electrons. The fourth-order valence-electron chi connectivity index (χ4n) is 2.76. The fourth-order valence-corrected chi connectivity index (χ4v) is 3.55. The van der Waals surface area contributed by atoms with E-state index in [9.17, 15) is 9.18 Å². The summed E-state index contributed by atoms with van der Waals surface area (Å²) in [6.07, 6.45) is 0.660. The second-order valence-corrected chi connectivity index (χ2v) is 7.00. The van der Waals surface area contributed by atoms with Crippen LogP contribution in [0.1, 0.15) is 22.3 Å². The summed E-state index contributed by atoms with van der Waals surface area (Å²) >= 11 is 1.53. The van der Waals surface area contributed by atoms with Crippen LogP contribution in [0.2, 0.25) is 0 Å². The molecule has 1 aliphatic heterocycles. The van der Waals surface area contributed by atoms with E-state index >= 15 is 0 Å². The van der Waals surface area contributed by atoms with Crippen LogP contribution < -0.4 is 10.6 Å². The van der Waals surface area contributed by atoms with Crippen molar-refractivity contribution >= 4 is 23.4 Å². The average molecular weight is 344 g/mol. The first-order valence-corrected chi connectivity index (χ1v) is 9.23. The second-order valence-electron chi connectivity index (χ2n) is 6.02. The van der Waals surface area contributed by atoms with Crippen molar-refractivity contribution in [3.8, 4) is 0 Å². The molecule has 3 rings (SSSR count). The Balaban J connectivity index is 1.54. The summed E-state index contributed by atoms with van der Waals surface area (Å²) in [5.74, 6) is 0.628. The van der Waals surface area contributed by atoms with Crippen LogP contribution in [0.25, 0.3) is 0 Å². The highest BCUT2D eigenvalue weighted by Gasteiger charge is 2.17. The third kappa shape index (κ3) is 4.16. The monoisotopic (exact) mass is 344 g/mol. The zero-order chi connectivity index (χ0) is 16.9. The van der Waals surface area contributed by atoms with E-state index in [1.165, 1.54) is 22.9 Å². The van der Waals surface area contributed by atoms with Gasteiger partial charge in [0.1, 0.15) is 5.82 Å². The van der Waals surface area contributed by atoms with Crippen molar-refractivity contribution in [1.29, 1.82) is 0 Å². The van der Waals surface area contributed by atoms with Crippen LogP contribution in [-0.4, -0.2) is 18.2 Å². The third-order valence-corrected chi connectivity index (χ3v) is 5.11. The molecule has 2 aromatic carbocycles. The van der Waals surface area contributed by atoms with Crippen molar-refractivity contribution < 1.29 is 9.18 Å². The van der Waals surface area contributed by atoms with Gasteiger partial charge in [0.15, 0.2) is 0 Å². The third-order valence-electron chi connectivity index (χ3n) is 4.10. The van der Waals surface area contributed by atoms with Gasteiger partial charge in [-0.1, -0.05) is 35.9 Å². The summed E-state index contributed by atoms with van der Waals surface area (Å²) < 4.78 is 14.5. The molecule has 0 aromatic heterocycles. The van der Waals surface area contributed by atoms with Crippen molar-refractivity contribution in [2.24, 2.45) is 0 Å². The van der Waals surface area contributed by atoms with Gasteiger partial charge in [-0.25, -0.2) is 4.39 Å².